The van der Waals surface area contributed by atoms with Gasteiger partial charge in [-0.05, 0) is 45.7 Å². The van der Waals surface area contributed by atoms with Crippen LogP contribution in [-0.2, 0) is 4.79 Å². The van der Waals surface area contributed by atoms with Crippen LogP contribution in [0.1, 0.15) is 38.5 Å². The maximum Gasteiger partial charge on any atom is 0.320 e. The lowest BCUT2D eigenvalue weighted by molar-refractivity contribution is -0.148. The predicted octanol–water partition coefficient (Wildman–Crippen LogP) is 1.66. The normalized spacial score (nSPS) is 33.4. The highest BCUT2D eigenvalue weighted by molar-refractivity contribution is 5.73. The molecule has 3 atom stereocenters. The third kappa shape index (κ3) is 3.04. The van der Waals surface area contributed by atoms with Crippen molar-refractivity contribution in [2.75, 3.05) is 27.2 Å². The topological polar surface area (TPSA) is 43.8 Å². The molecule has 2 rings (SSSR count). The molecule has 1 aliphatic heterocycles. The van der Waals surface area contributed by atoms with Gasteiger partial charge in [-0.25, -0.2) is 0 Å². The number of carboxylic acid groups (broad SMARTS) is 1. The van der Waals surface area contributed by atoms with E-state index >= 15 is 0 Å². The zero-order chi connectivity index (χ0) is 13.1. The molecule has 0 amide bonds. The summed E-state index contributed by atoms with van der Waals surface area (Å²) in [5.74, 6) is 0.120. The fraction of sp³-hybridized carbons (Fsp3) is 0.929. The molecule has 1 heterocycles. The molecule has 0 aromatic carbocycles. The zero-order valence-electron chi connectivity index (χ0n) is 11.6. The van der Waals surface area contributed by atoms with Crippen molar-refractivity contribution >= 4 is 5.97 Å². The Morgan fingerprint density at radius 3 is 2.61 bits per heavy atom. The summed E-state index contributed by atoms with van der Waals surface area (Å²) in [6, 6.07) is 0.276. The minimum absolute atomic E-state index is 0.246. The maximum absolute atomic E-state index is 11.4. The number of nitrogens with zero attached hydrogens (tertiary/aromatic N) is 2. The molecule has 2 fully saturated rings. The highest BCUT2D eigenvalue weighted by atomic mass is 16.4. The van der Waals surface area contributed by atoms with Gasteiger partial charge in [0.05, 0.1) is 0 Å². The van der Waals surface area contributed by atoms with Crippen LogP contribution < -0.4 is 0 Å². The Morgan fingerprint density at radius 1 is 1.22 bits per heavy atom. The second kappa shape index (κ2) is 6.02. The van der Waals surface area contributed by atoms with Crippen molar-refractivity contribution in [3.63, 3.8) is 0 Å². The van der Waals surface area contributed by atoms with E-state index < -0.39 is 5.97 Å². The largest absolute Gasteiger partial charge is 0.480 e. The number of likely N-dealkylation sites (tertiary alicyclic amines) is 1. The van der Waals surface area contributed by atoms with Gasteiger partial charge in [-0.3, -0.25) is 9.69 Å². The fourth-order valence-electron chi connectivity index (χ4n) is 3.63. The molecule has 2 aliphatic rings. The third-order valence-electron chi connectivity index (χ3n) is 4.60. The quantitative estimate of drug-likeness (QED) is 0.828. The fourth-order valence-corrected chi connectivity index (χ4v) is 3.63. The van der Waals surface area contributed by atoms with Crippen molar-refractivity contribution in [2.24, 2.45) is 5.92 Å². The van der Waals surface area contributed by atoms with Crippen LogP contribution in [0.25, 0.3) is 0 Å². The maximum atomic E-state index is 11.4. The number of rotatable bonds is 4. The lowest BCUT2D eigenvalue weighted by atomic mass is 9.76. The molecule has 3 unspecified atom stereocenters. The molecule has 0 aromatic heterocycles. The molecular weight excluding hydrogens is 228 g/mol. The van der Waals surface area contributed by atoms with Crippen molar-refractivity contribution in [1.82, 2.24) is 9.80 Å². The molecule has 1 saturated carbocycles. The van der Waals surface area contributed by atoms with Gasteiger partial charge in [0.1, 0.15) is 6.04 Å². The molecule has 0 bridgehead atoms. The number of piperidine rings is 1. The third-order valence-corrected chi connectivity index (χ3v) is 4.60. The Balaban J connectivity index is 2.06. The van der Waals surface area contributed by atoms with E-state index in [2.05, 4.69) is 23.9 Å². The molecule has 1 saturated heterocycles. The van der Waals surface area contributed by atoms with Crippen LogP contribution in [0.15, 0.2) is 0 Å². The Morgan fingerprint density at radius 2 is 1.94 bits per heavy atom. The molecule has 1 aliphatic carbocycles. The number of hydrogen-bond donors (Lipinski definition) is 1. The van der Waals surface area contributed by atoms with E-state index in [4.69, 9.17) is 0 Å². The van der Waals surface area contributed by atoms with Crippen LogP contribution in [0.2, 0.25) is 0 Å². The Hall–Kier alpha value is -0.610. The lowest BCUT2D eigenvalue weighted by Crippen LogP contribution is -2.56. The minimum Gasteiger partial charge on any atom is -0.480 e. The molecule has 0 aromatic rings. The predicted molar refractivity (Wildman–Crippen MR) is 71.7 cm³/mol. The molecule has 4 nitrogen and oxygen atoms in total. The van der Waals surface area contributed by atoms with E-state index in [9.17, 15) is 9.90 Å². The van der Waals surface area contributed by atoms with Crippen molar-refractivity contribution in [3.05, 3.63) is 0 Å². The summed E-state index contributed by atoms with van der Waals surface area (Å²) in [5, 5.41) is 9.41. The van der Waals surface area contributed by atoms with E-state index in [1.54, 1.807) is 0 Å². The van der Waals surface area contributed by atoms with E-state index in [0.29, 0.717) is 6.04 Å². The van der Waals surface area contributed by atoms with Crippen LogP contribution in [0.3, 0.4) is 0 Å². The number of carbonyl (C=O) groups is 1. The first kappa shape index (κ1) is 13.8. The molecular formula is C14H26N2O2. The summed E-state index contributed by atoms with van der Waals surface area (Å²) in [7, 11) is 4.11. The van der Waals surface area contributed by atoms with Gasteiger partial charge < -0.3 is 10.0 Å². The summed E-state index contributed by atoms with van der Waals surface area (Å²) in [6.07, 6.45) is 7.05. The summed E-state index contributed by atoms with van der Waals surface area (Å²) in [5.41, 5.74) is 0. The summed E-state index contributed by atoms with van der Waals surface area (Å²) >= 11 is 0. The van der Waals surface area contributed by atoms with Crippen LogP contribution in [-0.4, -0.2) is 60.1 Å². The van der Waals surface area contributed by atoms with Gasteiger partial charge in [-0.15, -0.1) is 0 Å². The second-order valence-electron chi connectivity index (χ2n) is 6.08. The first-order valence-electron chi connectivity index (χ1n) is 7.23. The molecule has 0 spiro atoms. The molecule has 4 heteroatoms. The monoisotopic (exact) mass is 254 g/mol. The smallest absolute Gasteiger partial charge is 0.320 e. The second-order valence-corrected chi connectivity index (χ2v) is 6.08. The first-order chi connectivity index (χ1) is 8.59. The number of fused-ring (bicyclic) bond motifs is 1. The van der Waals surface area contributed by atoms with Crippen molar-refractivity contribution in [1.29, 1.82) is 0 Å². The van der Waals surface area contributed by atoms with E-state index in [0.717, 1.165) is 31.8 Å². The summed E-state index contributed by atoms with van der Waals surface area (Å²) in [4.78, 5) is 15.9. The Bertz CT molecular complexity index is 294. The Kier molecular flexibility index (Phi) is 4.62. The molecule has 104 valence electrons. The van der Waals surface area contributed by atoms with Crippen molar-refractivity contribution < 1.29 is 9.90 Å². The first-order valence-corrected chi connectivity index (χ1v) is 7.23. The summed E-state index contributed by atoms with van der Waals surface area (Å²) < 4.78 is 0. The molecule has 18 heavy (non-hydrogen) atoms. The number of likely N-dealkylation sites (N-methyl/N-ethyl adjacent to an activating group) is 1. The number of carboxylic acids is 1. The molecule has 0 radical (unpaired) electrons. The number of aliphatic carboxylic acids is 1. The van der Waals surface area contributed by atoms with Gasteiger partial charge in [0.2, 0.25) is 0 Å². The molecule has 1 N–H and O–H groups in total. The lowest BCUT2D eigenvalue weighted by Gasteiger charge is -2.47. The minimum atomic E-state index is -0.627. The van der Waals surface area contributed by atoms with Gasteiger partial charge in [0.15, 0.2) is 0 Å². The van der Waals surface area contributed by atoms with Gasteiger partial charge in [-0.2, -0.15) is 0 Å². The average Bonchev–Trinajstić information content (AvgIpc) is 2.35. The van der Waals surface area contributed by atoms with E-state index in [1.165, 1.54) is 25.7 Å². The van der Waals surface area contributed by atoms with Gasteiger partial charge in [-0.1, -0.05) is 12.8 Å². The van der Waals surface area contributed by atoms with Crippen molar-refractivity contribution in [3.8, 4) is 0 Å². The van der Waals surface area contributed by atoms with E-state index in [1.807, 2.05) is 0 Å². The van der Waals surface area contributed by atoms with Gasteiger partial charge >= 0.3 is 5.97 Å². The average molecular weight is 254 g/mol. The van der Waals surface area contributed by atoms with Crippen LogP contribution in [0, 0.1) is 5.92 Å². The van der Waals surface area contributed by atoms with Crippen LogP contribution >= 0.6 is 0 Å². The SMILES string of the molecule is CN(C)CCN1C(C(=O)O)CCC2CCCCC21. The van der Waals surface area contributed by atoms with E-state index in [-0.39, 0.29) is 6.04 Å². The van der Waals surface area contributed by atoms with Crippen molar-refractivity contribution in [2.45, 2.75) is 50.6 Å². The zero-order valence-corrected chi connectivity index (χ0v) is 11.6. The number of hydrogen-bond acceptors (Lipinski definition) is 3. The highest BCUT2D eigenvalue weighted by Crippen LogP contribution is 2.37. The van der Waals surface area contributed by atoms with Gasteiger partial charge in [0.25, 0.3) is 0 Å². The standard InChI is InChI=1S/C14H26N2O2/c1-15(2)9-10-16-12-6-4-3-5-11(12)7-8-13(16)14(17)18/h11-13H,3-10H2,1-2H3,(H,17,18). The summed E-state index contributed by atoms with van der Waals surface area (Å²) in [6.45, 7) is 1.85. The van der Waals surface area contributed by atoms with Crippen LogP contribution in [0.4, 0.5) is 0 Å². The van der Waals surface area contributed by atoms with Gasteiger partial charge in [0, 0.05) is 19.1 Å². The Labute approximate surface area is 110 Å². The van der Waals surface area contributed by atoms with Crippen LogP contribution in [0.5, 0.6) is 0 Å². The highest BCUT2D eigenvalue weighted by Gasteiger charge is 2.40.